The number of H-pyrrole nitrogens is 1. The van der Waals surface area contributed by atoms with Gasteiger partial charge in [0.05, 0.1) is 12.7 Å². The predicted octanol–water partition coefficient (Wildman–Crippen LogP) is 3.06. The lowest BCUT2D eigenvalue weighted by atomic mass is 10.1. The zero-order valence-corrected chi connectivity index (χ0v) is 16.5. The Morgan fingerprint density at radius 2 is 1.88 bits per heavy atom. The second-order valence-electron chi connectivity index (χ2n) is 7.04. The van der Waals surface area contributed by atoms with Gasteiger partial charge in [0, 0.05) is 12.2 Å². The molecule has 2 heterocycles. The summed E-state index contributed by atoms with van der Waals surface area (Å²) in [5.41, 5.74) is 2.37. The summed E-state index contributed by atoms with van der Waals surface area (Å²) in [6.07, 6.45) is 7.97. The molecule has 1 amide bonds. The number of hydrogen-bond donors (Lipinski definition) is 2. The molecule has 0 spiro atoms. The quantitative estimate of drug-likeness (QED) is 0.522. The van der Waals surface area contributed by atoms with Crippen molar-refractivity contribution in [1.82, 2.24) is 15.2 Å². The number of carbonyl (C=O) groups excluding carboxylic acids is 2. The maximum absolute atomic E-state index is 12.4. The molecule has 0 bridgehead atoms. The number of aromatic amines is 1. The molecule has 0 aromatic carbocycles. The molecule has 1 aliphatic rings. The number of methoxy groups -OCH3 is 1. The third-order valence-corrected chi connectivity index (χ3v) is 5.18. The first-order valence-corrected chi connectivity index (χ1v) is 9.88. The molecule has 0 atom stereocenters. The molecular formula is C20H33N3O3. The minimum Gasteiger partial charge on any atom is -0.465 e. The van der Waals surface area contributed by atoms with Crippen LogP contribution >= 0.6 is 0 Å². The summed E-state index contributed by atoms with van der Waals surface area (Å²) in [6.45, 7) is 8.05. The second kappa shape index (κ2) is 10.4. The van der Waals surface area contributed by atoms with Gasteiger partial charge in [0.25, 0.3) is 5.91 Å². The summed E-state index contributed by atoms with van der Waals surface area (Å²) in [5.74, 6) is -0.546. The summed E-state index contributed by atoms with van der Waals surface area (Å²) in [6, 6.07) is 0. The average Bonchev–Trinajstić information content (AvgIpc) is 3.01. The zero-order valence-electron chi connectivity index (χ0n) is 16.5. The van der Waals surface area contributed by atoms with E-state index < -0.39 is 5.97 Å². The van der Waals surface area contributed by atoms with E-state index in [-0.39, 0.29) is 5.91 Å². The van der Waals surface area contributed by atoms with E-state index in [0.29, 0.717) is 29.8 Å². The molecule has 1 aromatic rings. The Balaban J connectivity index is 1.75. The minimum absolute atomic E-state index is 0.150. The number of nitrogens with one attached hydrogen (secondary N) is 2. The first kappa shape index (κ1) is 20.5. The fraction of sp³-hybridized carbons (Fsp3) is 0.700. The van der Waals surface area contributed by atoms with Crippen LogP contribution in [-0.2, 0) is 11.2 Å². The van der Waals surface area contributed by atoms with Crippen LogP contribution in [-0.4, -0.2) is 55.0 Å². The van der Waals surface area contributed by atoms with Gasteiger partial charge in [-0.3, -0.25) is 4.79 Å². The van der Waals surface area contributed by atoms with E-state index in [9.17, 15) is 9.59 Å². The van der Waals surface area contributed by atoms with Crippen LogP contribution in [0.4, 0.5) is 0 Å². The Morgan fingerprint density at radius 3 is 2.54 bits per heavy atom. The molecule has 6 nitrogen and oxygen atoms in total. The zero-order chi connectivity index (χ0) is 18.9. The summed E-state index contributed by atoms with van der Waals surface area (Å²) in [7, 11) is 1.36. The molecule has 0 saturated carbocycles. The molecule has 1 aromatic heterocycles. The van der Waals surface area contributed by atoms with Gasteiger partial charge in [-0.25, -0.2) is 4.79 Å². The lowest BCUT2D eigenvalue weighted by molar-refractivity contribution is 0.0599. The summed E-state index contributed by atoms with van der Waals surface area (Å²) < 4.78 is 4.83. The maximum Gasteiger partial charge on any atom is 0.339 e. The van der Waals surface area contributed by atoms with E-state index in [0.717, 1.165) is 18.5 Å². The molecule has 1 aliphatic heterocycles. The summed E-state index contributed by atoms with van der Waals surface area (Å²) in [5, 5.41) is 2.96. The standard InChI is InChI=1S/C20H33N3O3/c1-4-16-17(20(25)26-3)15(2)18(22-16)19(24)21-11-7-5-8-12-23-13-9-6-10-14-23/h22H,4-14H2,1-3H3,(H,21,24). The number of amides is 1. The van der Waals surface area contributed by atoms with Crippen LogP contribution in [0.3, 0.4) is 0 Å². The maximum atomic E-state index is 12.4. The van der Waals surface area contributed by atoms with Crippen LogP contribution in [0, 0.1) is 6.92 Å². The van der Waals surface area contributed by atoms with Gasteiger partial charge >= 0.3 is 5.97 Å². The van der Waals surface area contributed by atoms with E-state index in [2.05, 4.69) is 15.2 Å². The van der Waals surface area contributed by atoms with Crippen molar-refractivity contribution in [2.75, 3.05) is 33.3 Å². The van der Waals surface area contributed by atoms with Crippen LogP contribution in [0.15, 0.2) is 0 Å². The molecule has 26 heavy (non-hydrogen) atoms. The van der Waals surface area contributed by atoms with Crippen molar-refractivity contribution in [3.8, 4) is 0 Å². The number of nitrogens with zero attached hydrogens (tertiary/aromatic N) is 1. The predicted molar refractivity (Wildman–Crippen MR) is 103 cm³/mol. The smallest absolute Gasteiger partial charge is 0.339 e. The normalized spacial score (nSPS) is 15.0. The van der Waals surface area contributed by atoms with E-state index in [1.54, 1.807) is 6.92 Å². The number of hydrogen-bond acceptors (Lipinski definition) is 4. The lowest BCUT2D eigenvalue weighted by Crippen LogP contribution is -2.30. The summed E-state index contributed by atoms with van der Waals surface area (Å²) >= 11 is 0. The van der Waals surface area contributed by atoms with Crippen LogP contribution in [0.25, 0.3) is 0 Å². The second-order valence-corrected chi connectivity index (χ2v) is 7.04. The summed E-state index contributed by atoms with van der Waals surface area (Å²) in [4.78, 5) is 30.0. The van der Waals surface area contributed by atoms with Crippen molar-refractivity contribution >= 4 is 11.9 Å². The minimum atomic E-state index is -0.396. The van der Waals surface area contributed by atoms with Crippen molar-refractivity contribution in [2.45, 2.75) is 58.8 Å². The lowest BCUT2D eigenvalue weighted by Gasteiger charge is -2.26. The van der Waals surface area contributed by atoms with Crippen LogP contribution < -0.4 is 5.32 Å². The third kappa shape index (κ3) is 5.34. The van der Waals surface area contributed by atoms with Gasteiger partial charge in [-0.15, -0.1) is 0 Å². The van der Waals surface area contributed by atoms with Crippen LogP contribution in [0.2, 0.25) is 0 Å². The van der Waals surface area contributed by atoms with Crippen molar-refractivity contribution in [2.24, 2.45) is 0 Å². The molecule has 1 fully saturated rings. The number of piperidine rings is 1. The van der Waals surface area contributed by atoms with Gasteiger partial charge in [-0.05, 0) is 64.2 Å². The Morgan fingerprint density at radius 1 is 1.15 bits per heavy atom. The van der Waals surface area contributed by atoms with Gasteiger partial charge in [0.2, 0.25) is 0 Å². The topological polar surface area (TPSA) is 74.4 Å². The number of aryl methyl sites for hydroxylation is 1. The highest BCUT2D eigenvalue weighted by Gasteiger charge is 2.23. The van der Waals surface area contributed by atoms with Crippen LogP contribution in [0.1, 0.15) is 77.6 Å². The van der Waals surface area contributed by atoms with Gasteiger partial charge < -0.3 is 19.9 Å². The highest BCUT2D eigenvalue weighted by Crippen LogP contribution is 2.20. The van der Waals surface area contributed by atoms with Crippen LogP contribution in [0.5, 0.6) is 0 Å². The third-order valence-electron chi connectivity index (χ3n) is 5.18. The van der Waals surface area contributed by atoms with E-state index in [4.69, 9.17) is 4.74 Å². The Labute approximate surface area is 156 Å². The number of carbonyl (C=O) groups is 2. The Bertz CT molecular complexity index is 604. The number of rotatable bonds is 9. The Kier molecular flexibility index (Phi) is 8.16. The highest BCUT2D eigenvalue weighted by molar-refractivity contribution is 6.00. The largest absolute Gasteiger partial charge is 0.465 e. The molecular weight excluding hydrogens is 330 g/mol. The molecule has 1 saturated heterocycles. The van der Waals surface area contributed by atoms with E-state index in [1.165, 1.54) is 52.4 Å². The van der Waals surface area contributed by atoms with Crippen molar-refractivity contribution in [3.63, 3.8) is 0 Å². The monoisotopic (exact) mass is 363 g/mol. The molecule has 0 unspecified atom stereocenters. The highest BCUT2D eigenvalue weighted by atomic mass is 16.5. The average molecular weight is 364 g/mol. The number of unbranched alkanes of at least 4 members (excludes halogenated alkanes) is 2. The van der Waals surface area contributed by atoms with E-state index in [1.807, 2.05) is 6.92 Å². The molecule has 0 aliphatic carbocycles. The van der Waals surface area contributed by atoms with Crippen molar-refractivity contribution in [1.29, 1.82) is 0 Å². The number of esters is 1. The number of likely N-dealkylation sites (tertiary alicyclic amines) is 1. The first-order valence-electron chi connectivity index (χ1n) is 9.88. The number of ether oxygens (including phenoxy) is 1. The fourth-order valence-corrected chi connectivity index (χ4v) is 3.64. The van der Waals surface area contributed by atoms with Gasteiger partial charge in [0.15, 0.2) is 0 Å². The Hall–Kier alpha value is -1.82. The molecule has 2 rings (SSSR count). The molecule has 146 valence electrons. The fourth-order valence-electron chi connectivity index (χ4n) is 3.64. The molecule has 2 N–H and O–H groups in total. The van der Waals surface area contributed by atoms with Crippen molar-refractivity contribution < 1.29 is 14.3 Å². The van der Waals surface area contributed by atoms with Gasteiger partial charge in [-0.2, -0.15) is 0 Å². The SMILES string of the molecule is CCc1[nH]c(C(=O)NCCCCCN2CCCCC2)c(C)c1C(=O)OC. The van der Waals surface area contributed by atoms with E-state index >= 15 is 0 Å². The first-order chi connectivity index (χ1) is 12.6. The number of aromatic nitrogens is 1. The molecule has 6 heteroatoms. The van der Waals surface area contributed by atoms with Gasteiger partial charge in [-0.1, -0.05) is 19.8 Å². The van der Waals surface area contributed by atoms with Gasteiger partial charge in [0.1, 0.15) is 5.69 Å². The molecule has 0 radical (unpaired) electrons. The van der Waals surface area contributed by atoms with Crippen molar-refractivity contribution in [3.05, 3.63) is 22.5 Å².